The van der Waals surface area contributed by atoms with Gasteiger partial charge in [-0.2, -0.15) is 13.4 Å². The van der Waals surface area contributed by atoms with Crippen LogP contribution in [0.15, 0.2) is 69.2 Å². The van der Waals surface area contributed by atoms with Gasteiger partial charge in [-0.1, -0.05) is 41.1 Å². The second-order valence-electron chi connectivity index (χ2n) is 7.55. The first-order valence-electron chi connectivity index (χ1n) is 10.3. The molecule has 3 aromatic rings. The maximum atomic E-state index is 12.7. The lowest BCUT2D eigenvalue weighted by atomic mass is 10.1. The van der Waals surface area contributed by atoms with Crippen molar-refractivity contribution >= 4 is 21.9 Å². The number of hydrogen-bond donors (Lipinski definition) is 0. The SMILES string of the molecule is COc1ccc(CN2C=C(C(=O)OCc3nc(-c4cccc(C)c4)no3)C(C)=NS2(=O)=O)cc1. The van der Waals surface area contributed by atoms with Crippen LogP contribution in [0.5, 0.6) is 5.75 Å². The number of esters is 1. The Morgan fingerprint density at radius 3 is 2.59 bits per heavy atom. The van der Waals surface area contributed by atoms with E-state index in [-0.39, 0.29) is 30.3 Å². The summed E-state index contributed by atoms with van der Waals surface area (Å²) in [6.07, 6.45) is 1.22. The minimum atomic E-state index is -3.99. The smallest absolute Gasteiger partial charge is 0.344 e. The first kappa shape index (κ1) is 23.2. The Bertz CT molecular complexity index is 1380. The Balaban J connectivity index is 1.46. The zero-order valence-corrected chi connectivity index (χ0v) is 19.6. The summed E-state index contributed by atoms with van der Waals surface area (Å²) in [6.45, 7) is 3.10. The lowest BCUT2D eigenvalue weighted by Gasteiger charge is -2.23. The van der Waals surface area contributed by atoms with Crippen LogP contribution >= 0.6 is 0 Å². The van der Waals surface area contributed by atoms with Gasteiger partial charge < -0.3 is 14.0 Å². The minimum absolute atomic E-state index is 0.0105. The Kier molecular flexibility index (Phi) is 6.46. The number of hydrogen-bond acceptors (Lipinski definition) is 8. The molecule has 2 heterocycles. The fraction of sp³-hybridized carbons (Fsp3) is 0.217. The van der Waals surface area contributed by atoms with E-state index in [1.807, 2.05) is 31.2 Å². The highest BCUT2D eigenvalue weighted by Gasteiger charge is 2.29. The fourth-order valence-corrected chi connectivity index (χ4v) is 4.34. The molecule has 0 atom stereocenters. The highest BCUT2D eigenvalue weighted by atomic mass is 32.2. The average Bonchev–Trinajstić information content (AvgIpc) is 3.28. The van der Waals surface area contributed by atoms with E-state index in [0.29, 0.717) is 17.1 Å². The van der Waals surface area contributed by atoms with Crippen molar-refractivity contribution < 1.29 is 27.2 Å². The second-order valence-corrected chi connectivity index (χ2v) is 9.10. The van der Waals surface area contributed by atoms with Gasteiger partial charge in [-0.05, 0) is 37.6 Å². The molecule has 0 amide bonds. The predicted octanol–water partition coefficient (Wildman–Crippen LogP) is 3.20. The zero-order valence-electron chi connectivity index (χ0n) is 18.8. The van der Waals surface area contributed by atoms with Gasteiger partial charge in [0.1, 0.15) is 5.75 Å². The molecular weight excluding hydrogens is 460 g/mol. The van der Waals surface area contributed by atoms with E-state index in [1.165, 1.54) is 13.1 Å². The predicted molar refractivity (Wildman–Crippen MR) is 123 cm³/mol. The molecule has 176 valence electrons. The van der Waals surface area contributed by atoms with Crippen molar-refractivity contribution in [3.8, 4) is 17.1 Å². The number of aryl methyl sites for hydroxylation is 1. The summed E-state index contributed by atoms with van der Waals surface area (Å²) < 4.78 is 45.3. The molecule has 0 unspecified atom stereocenters. The molecule has 0 fully saturated rings. The highest BCUT2D eigenvalue weighted by molar-refractivity contribution is 7.88. The summed E-state index contributed by atoms with van der Waals surface area (Å²) in [7, 11) is -2.44. The van der Waals surface area contributed by atoms with Crippen molar-refractivity contribution in [3.63, 3.8) is 0 Å². The standard InChI is InChI=1S/C23H22N4O6S/c1-15-5-4-6-18(11-15)22-24-21(33-25-22)14-32-23(28)20-13-27(34(29,30)26-16(20)2)12-17-7-9-19(31-3)10-8-17/h4-11,13H,12,14H2,1-3H3. The van der Waals surface area contributed by atoms with Crippen molar-refractivity contribution in [2.24, 2.45) is 4.40 Å². The molecule has 0 spiro atoms. The summed E-state index contributed by atoms with van der Waals surface area (Å²) in [6, 6.07) is 14.5. The molecule has 0 saturated carbocycles. The number of benzene rings is 2. The van der Waals surface area contributed by atoms with E-state index >= 15 is 0 Å². The molecule has 0 radical (unpaired) electrons. The number of carbonyl (C=O) groups excluding carboxylic acids is 1. The van der Waals surface area contributed by atoms with Crippen LogP contribution in [0.25, 0.3) is 11.4 Å². The van der Waals surface area contributed by atoms with E-state index in [1.54, 1.807) is 31.4 Å². The van der Waals surface area contributed by atoms with Crippen molar-refractivity contribution in [1.82, 2.24) is 14.4 Å². The molecule has 11 heteroatoms. The number of aromatic nitrogens is 2. The van der Waals surface area contributed by atoms with Crippen LogP contribution in [0.1, 0.15) is 23.9 Å². The number of carbonyl (C=O) groups is 1. The van der Waals surface area contributed by atoms with Gasteiger partial charge in [0.2, 0.25) is 5.82 Å². The lowest BCUT2D eigenvalue weighted by molar-refractivity contribution is -0.140. The highest BCUT2D eigenvalue weighted by Crippen LogP contribution is 2.22. The van der Waals surface area contributed by atoms with Crippen LogP contribution in [0.2, 0.25) is 0 Å². The summed E-state index contributed by atoms with van der Waals surface area (Å²) in [5.41, 5.74) is 2.56. The van der Waals surface area contributed by atoms with Gasteiger partial charge >= 0.3 is 16.2 Å². The lowest BCUT2D eigenvalue weighted by Crippen LogP contribution is -2.31. The Morgan fingerprint density at radius 2 is 1.88 bits per heavy atom. The van der Waals surface area contributed by atoms with Gasteiger partial charge in [0.05, 0.1) is 24.9 Å². The minimum Gasteiger partial charge on any atom is -0.497 e. The molecule has 10 nitrogen and oxygen atoms in total. The van der Waals surface area contributed by atoms with Crippen molar-refractivity contribution in [3.05, 3.63) is 77.3 Å². The van der Waals surface area contributed by atoms with Gasteiger partial charge in [-0.15, -0.1) is 4.40 Å². The third-order valence-corrected chi connectivity index (χ3v) is 6.33. The molecule has 4 rings (SSSR count). The van der Waals surface area contributed by atoms with Crippen LogP contribution < -0.4 is 4.74 Å². The first-order chi connectivity index (χ1) is 16.2. The van der Waals surface area contributed by atoms with Gasteiger partial charge in [0.25, 0.3) is 5.89 Å². The molecule has 34 heavy (non-hydrogen) atoms. The van der Waals surface area contributed by atoms with Crippen LogP contribution in [0.3, 0.4) is 0 Å². The Hall–Kier alpha value is -3.99. The molecule has 0 N–H and O–H groups in total. The fourth-order valence-electron chi connectivity index (χ4n) is 3.24. The van der Waals surface area contributed by atoms with E-state index in [4.69, 9.17) is 14.0 Å². The number of methoxy groups -OCH3 is 1. The van der Waals surface area contributed by atoms with Gasteiger partial charge in [0, 0.05) is 11.8 Å². The van der Waals surface area contributed by atoms with E-state index in [9.17, 15) is 13.2 Å². The first-order valence-corrected chi connectivity index (χ1v) is 11.6. The van der Waals surface area contributed by atoms with E-state index < -0.39 is 16.2 Å². The summed E-state index contributed by atoms with van der Waals surface area (Å²) in [5.74, 6) is 0.372. The molecule has 2 aromatic carbocycles. The summed E-state index contributed by atoms with van der Waals surface area (Å²) in [4.78, 5) is 16.9. The van der Waals surface area contributed by atoms with Crippen molar-refractivity contribution in [1.29, 1.82) is 0 Å². The zero-order chi connectivity index (χ0) is 24.3. The average molecular weight is 483 g/mol. The molecule has 1 aliphatic heterocycles. The molecule has 1 aromatic heterocycles. The van der Waals surface area contributed by atoms with Crippen LogP contribution in [0, 0.1) is 6.92 Å². The van der Waals surface area contributed by atoms with Gasteiger partial charge in [0.15, 0.2) is 6.61 Å². The summed E-state index contributed by atoms with van der Waals surface area (Å²) in [5, 5.41) is 3.91. The Labute approximate surface area is 196 Å². The van der Waals surface area contributed by atoms with Crippen molar-refractivity contribution in [2.45, 2.75) is 27.0 Å². The second kappa shape index (κ2) is 9.48. The van der Waals surface area contributed by atoms with E-state index in [2.05, 4.69) is 14.5 Å². The van der Waals surface area contributed by atoms with Crippen LogP contribution in [0.4, 0.5) is 0 Å². The molecule has 0 saturated heterocycles. The third kappa shape index (κ3) is 5.15. The van der Waals surface area contributed by atoms with Crippen molar-refractivity contribution in [2.75, 3.05) is 7.11 Å². The van der Waals surface area contributed by atoms with Crippen LogP contribution in [-0.2, 0) is 32.9 Å². The maximum absolute atomic E-state index is 12.7. The monoisotopic (exact) mass is 482 g/mol. The third-order valence-electron chi connectivity index (χ3n) is 5.00. The number of ether oxygens (including phenoxy) is 2. The van der Waals surface area contributed by atoms with Crippen LogP contribution in [-0.4, -0.2) is 41.7 Å². The normalized spacial score (nSPS) is 14.9. The number of rotatable bonds is 7. The maximum Gasteiger partial charge on any atom is 0.344 e. The number of nitrogens with zero attached hydrogens (tertiary/aromatic N) is 4. The molecule has 0 aliphatic carbocycles. The Morgan fingerprint density at radius 1 is 1.12 bits per heavy atom. The topological polar surface area (TPSA) is 124 Å². The van der Waals surface area contributed by atoms with Gasteiger partial charge in [-0.25, -0.2) is 4.79 Å². The largest absolute Gasteiger partial charge is 0.497 e. The quantitative estimate of drug-likeness (QED) is 0.470. The molecule has 1 aliphatic rings. The van der Waals surface area contributed by atoms with Gasteiger partial charge in [-0.3, -0.25) is 4.31 Å². The summed E-state index contributed by atoms with van der Waals surface area (Å²) >= 11 is 0. The molecular formula is C23H22N4O6S. The van der Waals surface area contributed by atoms with E-state index in [0.717, 1.165) is 15.4 Å². The molecule has 0 bridgehead atoms.